The molecule has 2 atom stereocenters. The number of benzene rings is 8. The summed E-state index contributed by atoms with van der Waals surface area (Å²) in [4.78, 5) is 30.4. The van der Waals surface area contributed by atoms with E-state index in [-0.39, 0.29) is 11.8 Å². The third-order valence-corrected chi connectivity index (χ3v) is 12.3. The van der Waals surface area contributed by atoms with E-state index in [1.807, 2.05) is 97.1 Å². The maximum atomic E-state index is 5.15. The highest BCUT2D eigenvalue weighted by atomic mass is 15.0. The fourth-order valence-electron chi connectivity index (χ4n) is 8.64. The van der Waals surface area contributed by atoms with Crippen LogP contribution < -0.4 is 0 Å². The van der Waals surface area contributed by atoms with Crippen LogP contribution in [0.15, 0.2) is 237 Å². The minimum Gasteiger partial charge on any atom is -0.212 e. The number of hydrogen-bond donors (Lipinski definition) is 0. The number of aromatic nitrogens is 6. The Morgan fingerprint density at radius 1 is 0.284 bits per heavy atom. The van der Waals surface area contributed by atoms with Gasteiger partial charge in [0.25, 0.3) is 0 Å². The van der Waals surface area contributed by atoms with Crippen LogP contribution in [0, 0.1) is 5.92 Å². The van der Waals surface area contributed by atoms with Crippen molar-refractivity contribution >= 4 is 5.57 Å². The molecule has 6 heteroatoms. The fourth-order valence-corrected chi connectivity index (χ4v) is 8.64. The molecule has 2 unspecified atom stereocenters. The lowest BCUT2D eigenvalue weighted by atomic mass is 9.84. The van der Waals surface area contributed by atoms with Gasteiger partial charge in [-0.2, -0.15) is 0 Å². The van der Waals surface area contributed by atoms with E-state index in [9.17, 15) is 0 Å². The van der Waals surface area contributed by atoms with Crippen LogP contribution in [-0.4, -0.2) is 29.9 Å². The first kappa shape index (κ1) is 41.0. The lowest BCUT2D eigenvalue weighted by Gasteiger charge is -2.23. The van der Waals surface area contributed by atoms with E-state index in [2.05, 4.69) is 146 Å². The largest absolute Gasteiger partial charge is 0.212 e. The highest BCUT2D eigenvalue weighted by molar-refractivity contribution is 5.81. The van der Waals surface area contributed by atoms with Crippen molar-refractivity contribution in [1.29, 1.82) is 0 Å². The molecule has 0 fully saturated rings. The van der Waals surface area contributed by atoms with E-state index in [4.69, 9.17) is 29.9 Å². The van der Waals surface area contributed by atoms with Gasteiger partial charge in [-0.3, -0.25) is 0 Å². The molecule has 0 spiro atoms. The molecule has 318 valence electrons. The summed E-state index contributed by atoms with van der Waals surface area (Å²) in [5.41, 5.74) is 13.6. The molecule has 0 bridgehead atoms. The Labute approximate surface area is 390 Å². The van der Waals surface area contributed by atoms with Crippen LogP contribution >= 0.6 is 0 Å². The molecule has 2 aromatic heterocycles. The third kappa shape index (κ3) is 8.89. The monoisotopic (exact) mass is 860 g/mol. The van der Waals surface area contributed by atoms with Gasteiger partial charge >= 0.3 is 0 Å². The number of hydrogen-bond acceptors (Lipinski definition) is 6. The van der Waals surface area contributed by atoms with E-state index >= 15 is 0 Å². The maximum absolute atomic E-state index is 5.15. The zero-order chi connectivity index (χ0) is 44.9. The van der Waals surface area contributed by atoms with E-state index in [0.29, 0.717) is 29.1 Å². The van der Waals surface area contributed by atoms with Crippen molar-refractivity contribution in [3.8, 4) is 90.3 Å². The van der Waals surface area contributed by atoms with Crippen LogP contribution in [0.2, 0.25) is 0 Å². The zero-order valence-corrected chi connectivity index (χ0v) is 36.9. The highest BCUT2D eigenvalue weighted by Crippen LogP contribution is 2.37. The Balaban J connectivity index is 0.925. The summed E-state index contributed by atoms with van der Waals surface area (Å²) < 4.78 is 0. The molecular formula is C61H44N6. The lowest BCUT2D eigenvalue weighted by molar-refractivity contribution is 0.602. The van der Waals surface area contributed by atoms with Crippen molar-refractivity contribution in [3.63, 3.8) is 0 Å². The molecule has 11 rings (SSSR count). The number of nitrogens with zero attached hydrogens (tertiary/aromatic N) is 6. The Morgan fingerprint density at radius 3 is 1.06 bits per heavy atom. The quantitative estimate of drug-likeness (QED) is 0.136. The summed E-state index contributed by atoms with van der Waals surface area (Å²) in [7, 11) is 0. The van der Waals surface area contributed by atoms with Crippen LogP contribution in [0.25, 0.3) is 95.9 Å². The summed E-state index contributed by atoms with van der Waals surface area (Å²) in [6, 6.07) is 75.2. The van der Waals surface area contributed by atoms with E-state index in [0.717, 1.165) is 67.0 Å². The van der Waals surface area contributed by atoms with Gasteiger partial charge in [-0.25, -0.2) is 29.9 Å². The van der Waals surface area contributed by atoms with Gasteiger partial charge in [-0.05, 0) is 68.6 Å². The van der Waals surface area contributed by atoms with Gasteiger partial charge in [-0.1, -0.05) is 225 Å². The van der Waals surface area contributed by atoms with Crippen molar-refractivity contribution in [2.45, 2.75) is 12.8 Å². The van der Waals surface area contributed by atoms with Crippen LogP contribution in [0.1, 0.15) is 24.2 Å². The Morgan fingerprint density at radius 2 is 0.597 bits per heavy atom. The van der Waals surface area contributed by atoms with E-state index in [1.165, 1.54) is 11.1 Å². The van der Waals surface area contributed by atoms with Crippen molar-refractivity contribution in [1.82, 2.24) is 29.9 Å². The molecule has 0 saturated carbocycles. The SMILES string of the molecule is CC1C=CC(c2cccc(-c3cccc(-c4nc(-c5ccccc5)nc(-c5cccc(-c6ccc(-c7ccccc7)cc6)c5)n4)c3)c2)=CC1c1nc(-c2ccccc2)nc(-c2ccccc2)n1. The molecule has 1 aliphatic rings. The molecule has 2 heterocycles. The average molecular weight is 861 g/mol. The molecule has 0 aliphatic heterocycles. The second-order valence-corrected chi connectivity index (χ2v) is 16.8. The predicted molar refractivity (Wildman–Crippen MR) is 272 cm³/mol. The van der Waals surface area contributed by atoms with Gasteiger partial charge in [0.1, 0.15) is 5.82 Å². The molecule has 0 amide bonds. The summed E-state index contributed by atoms with van der Waals surface area (Å²) in [6.07, 6.45) is 6.80. The van der Waals surface area contributed by atoms with Gasteiger partial charge in [-0.15, -0.1) is 0 Å². The number of allylic oxidation sites excluding steroid dienone is 4. The molecule has 8 aromatic carbocycles. The van der Waals surface area contributed by atoms with Gasteiger partial charge in [0.05, 0.1) is 0 Å². The van der Waals surface area contributed by atoms with Crippen molar-refractivity contribution in [2.75, 3.05) is 0 Å². The molecule has 10 aromatic rings. The van der Waals surface area contributed by atoms with Gasteiger partial charge in [0.15, 0.2) is 29.1 Å². The summed E-state index contributed by atoms with van der Waals surface area (Å²) in [5.74, 6) is 4.05. The Hall–Kier alpha value is -8.74. The summed E-state index contributed by atoms with van der Waals surface area (Å²) in [5, 5.41) is 0. The molecule has 1 aliphatic carbocycles. The minimum absolute atomic E-state index is 0.0577. The lowest BCUT2D eigenvalue weighted by Crippen LogP contribution is -2.14. The van der Waals surface area contributed by atoms with Gasteiger partial charge in [0, 0.05) is 33.7 Å². The molecule has 0 radical (unpaired) electrons. The van der Waals surface area contributed by atoms with Gasteiger partial charge in [0.2, 0.25) is 0 Å². The first-order valence-electron chi connectivity index (χ1n) is 22.6. The van der Waals surface area contributed by atoms with E-state index < -0.39 is 0 Å². The maximum Gasteiger partial charge on any atom is 0.164 e. The van der Waals surface area contributed by atoms with Crippen LogP contribution in [0.5, 0.6) is 0 Å². The van der Waals surface area contributed by atoms with E-state index in [1.54, 1.807) is 0 Å². The van der Waals surface area contributed by atoms with Crippen molar-refractivity contribution in [2.24, 2.45) is 5.92 Å². The molecule has 6 nitrogen and oxygen atoms in total. The van der Waals surface area contributed by atoms with Crippen molar-refractivity contribution < 1.29 is 0 Å². The van der Waals surface area contributed by atoms with Crippen LogP contribution in [-0.2, 0) is 0 Å². The highest BCUT2D eigenvalue weighted by Gasteiger charge is 2.25. The summed E-state index contributed by atoms with van der Waals surface area (Å²) in [6.45, 7) is 2.22. The second-order valence-electron chi connectivity index (χ2n) is 16.8. The first-order valence-corrected chi connectivity index (χ1v) is 22.6. The van der Waals surface area contributed by atoms with Crippen molar-refractivity contribution in [3.05, 3.63) is 248 Å². The standard InChI is InChI=1S/C61H44N6/c1-41-31-32-52(40-55(41)61-66-57(46-21-10-4-11-22-46)62-58(67-61)47-23-12-5-13-24-47)50-27-14-26-49(37-50)51-28-16-30-54(39-51)60-64-56(45-19-8-3-9-20-45)63-59(65-60)53-29-15-25-48(38-53)44-35-33-43(34-36-44)42-17-6-2-7-18-42/h2-41,55H,1H3. The Bertz CT molecular complexity index is 3350. The first-order chi connectivity index (χ1) is 33.1. The molecule has 67 heavy (non-hydrogen) atoms. The third-order valence-electron chi connectivity index (χ3n) is 12.3. The summed E-state index contributed by atoms with van der Waals surface area (Å²) >= 11 is 0. The smallest absolute Gasteiger partial charge is 0.164 e. The zero-order valence-electron chi connectivity index (χ0n) is 36.9. The minimum atomic E-state index is -0.0577. The van der Waals surface area contributed by atoms with Crippen LogP contribution in [0.4, 0.5) is 0 Å². The normalized spacial score (nSPS) is 14.4. The van der Waals surface area contributed by atoms with Gasteiger partial charge < -0.3 is 0 Å². The predicted octanol–water partition coefficient (Wildman–Crippen LogP) is 14.8. The average Bonchev–Trinajstić information content (AvgIpc) is 3.42. The molecular weight excluding hydrogens is 817 g/mol. The topological polar surface area (TPSA) is 77.3 Å². The van der Waals surface area contributed by atoms with Crippen LogP contribution in [0.3, 0.4) is 0 Å². The molecule has 0 N–H and O–H groups in total. The fraction of sp³-hybridized carbons (Fsp3) is 0.0492. The Kier molecular flexibility index (Phi) is 11.3. The molecule has 0 saturated heterocycles. The second kappa shape index (κ2) is 18.4. The number of rotatable bonds is 10.